The van der Waals surface area contributed by atoms with E-state index in [-0.39, 0.29) is 23.7 Å². The molecular formula is C13H25N3O2. The normalized spacial score (nSPS) is 19.3. The molecule has 0 spiro atoms. The maximum absolute atomic E-state index is 11.9. The zero-order valence-electron chi connectivity index (χ0n) is 11.7. The van der Waals surface area contributed by atoms with Crippen molar-refractivity contribution in [2.45, 2.75) is 33.2 Å². The van der Waals surface area contributed by atoms with Gasteiger partial charge >= 0.3 is 0 Å². The molecule has 104 valence electrons. The molecule has 1 aliphatic heterocycles. The summed E-state index contributed by atoms with van der Waals surface area (Å²) < 4.78 is 0. The molecule has 0 aliphatic carbocycles. The molecule has 18 heavy (non-hydrogen) atoms. The van der Waals surface area contributed by atoms with Gasteiger partial charge in [0.15, 0.2) is 5.78 Å². The van der Waals surface area contributed by atoms with Gasteiger partial charge in [0.2, 0.25) is 5.91 Å². The number of nitrogens with zero attached hydrogens (tertiary/aromatic N) is 1. The average Bonchev–Trinajstić information content (AvgIpc) is 2.53. The molecule has 1 atom stereocenters. The molecule has 5 nitrogen and oxygen atoms in total. The zero-order valence-corrected chi connectivity index (χ0v) is 11.7. The third kappa shape index (κ3) is 5.14. The molecule has 2 N–H and O–H groups in total. The van der Waals surface area contributed by atoms with Gasteiger partial charge in [0, 0.05) is 13.1 Å². The number of carbonyl (C=O) groups is 2. The Labute approximate surface area is 109 Å². The Morgan fingerprint density at radius 2 is 2.00 bits per heavy atom. The van der Waals surface area contributed by atoms with Crippen LogP contribution in [0.25, 0.3) is 0 Å². The molecule has 0 bridgehead atoms. The molecule has 1 rings (SSSR count). The van der Waals surface area contributed by atoms with Crippen LogP contribution in [-0.4, -0.2) is 55.4 Å². The van der Waals surface area contributed by atoms with Gasteiger partial charge in [0.25, 0.3) is 0 Å². The van der Waals surface area contributed by atoms with Crippen molar-refractivity contribution in [1.29, 1.82) is 0 Å². The second-order valence-corrected chi connectivity index (χ2v) is 5.28. The summed E-state index contributed by atoms with van der Waals surface area (Å²) in [6, 6.07) is -0.359. The number of rotatable bonds is 5. The highest BCUT2D eigenvalue weighted by atomic mass is 16.2. The summed E-state index contributed by atoms with van der Waals surface area (Å²) in [5.74, 6) is 0.110. The van der Waals surface area contributed by atoms with E-state index in [0.29, 0.717) is 6.54 Å². The van der Waals surface area contributed by atoms with Gasteiger partial charge in [0.05, 0.1) is 12.6 Å². The van der Waals surface area contributed by atoms with E-state index in [2.05, 4.69) is 15.5 Å². The first kappa shape index (κ1) is 15.1. The first-order valence-electron chi connectivity index (χ1n) is 6.73. The van der Waals surface area contributed by atoms with Crippen LogP contribution < -0.4 is 10.6 Å². The summed E-state index contributed by atoms with van der Waals surface area (Å²) >= 11 is 0. The van der Waals surface area contributed by atoms with Crippen molar-refractivity contribution in [1.82, 2.24) is 15.5 Å². The Balaban J connectivity index is 2.41. The predicted molar refractivity (Wildman–Crippen MR) is 71.4 cm³/mol. The Bertz CT molecular complexity index is 284. The van der Waals surface area contributed by atoms with E-state index in [1.165, 1.54) is 6.92 Å². The molecule has 1 saturated heterocycles. The molecule has 1 unspecified atom stereocenters. The molecule has 1 aliphatic rings. The van der Waals surface area contributed by atoms with Crippen molar-refractivity contribution in [3.63, 3.8) is 0 Å². The Morgan fingerprint density at radius 3 is 2.61 bits per heavy atom. The van der Waals surface area contributed by atoms with Crippen molar-refractivity contribution in [3.8, 4) is 0 Å². The summed E-state index contributed by atoms with van der Waals surface area (Å²) in [4.78, 5) is 25.5. The van der Waals surface area contributed by atoms with Crippen molar-refractivity contribution in [2.24, 2.45) is 5.92 Å². The fraction of sp³-hybridized carbons (Fsp3) is 0.846. The van der Waals surface area contributed by atoms with Crippen LogP contribution in [-0.2, 0) is 9.59 Å². The van der Waals surface area contributed by atoms with Crippen LogP contribution in [0.2, 0.25) is 0 Å². The molecule has 0 aromatic heterocycles. The number of hydrogen-bond acceptors (Lipinski definition) is 4. The fourth-order valence-corrected chi connectivity index (χ4v) is 2.22. The third-order valence-electron chi connectivity index (χ3n) is 3.22. The Hall–Kier alpha value is -0.940. The molecule has 1 heterocycles. The van der Waals surface area contributed by atoms with Gasteiger partial charge in [0.1, 0.15) is 0 Å². The van der Waals surface area contributed by atoms with Gasteiger partial charge in [-0.25, -0.2) is 0 Å². The van der Waals surface area contributed by atoms with E-state index in [4.69, 9.17) is 0 Å². The minimum atomic E-state index is -0.359. The lowest BCUT2D eigenvalue weighted by atomic mass is 10.0. The Morgan fingerprint density at radius 1 is 1.28 bits per heavy atom. The monoisotopic (exact) mass is 255 g/mol. The van der Waals surface area contributed by atoms with E-state index < -0.39 is 0 Å². The fourth-order valence-electron chi connectivity index (χ4n) is 2.22. The summed E-state index contributed by atoms with van der Waals surface area (Å²) in [6.45, 7) is 9.57. The van der Waals surface area contributed by atoms with Crippen LogP contribution in [0.4, 0.5) is 0 Å². The minimum Gasteiger partial charge on any atom is -0.345 e. The maximum atomic E-state index is 11.9. The lowest BCUT2D eigenvalue weighted by molar-refractivity contribution is -0.128. The highest BCUT2D eigenvalue weighted by Gasteiger charge is 2.21. The van der Waals surface area contributed by atoms with Gasteiger partial charge in [-0.05, 0) is 32.4 Å². The zero-order chi connectivity index (χ0) is 13.5. The number of amides is 1. The van der Waals surface area contributed by atoms with Crippen LogP contribution in [0, 0.1) is 5.92 Å². The molecular weight excluding hydrogens is 230 g/mol. The lowest BCUT2D eigenvalue weighted by Gasteiger charge is -2.23. The van der Waals surface area contributed by atoms with Crippen LogP contribution >= 0.6 is 0 Å². The second-order valence-electron chi connectivity index (χ2n) is 5.28. The second kappa shape index (κ2) is 7.48. The summed E-state index contributed by atoms with van der Waals surface area (Å²) in [5.41, 5.74) is 0. The van der Waals surface area contributed by atoms with Gasteiger partial charge in [-0.1, -0.05) is 13.8 Å². The number of carbonyl (C=O) groups excluding carboxylic acids is 2. The maximum Gasteiger partial charge on any atom is 0.234 e. The van der Waals surface area contributed by atoms with Crippen LogP contribution in [0.1, 0.15) is 27.2 Å². The number of hydrogen-bond donors (Lipinski definition) is 2. The summed E-state index contributed by atoms with van der Waals surface area (Å²) in [6.07, 6.45) is 1.06. The van der Waals surface area contributed by atoms with Crippen molar-refractivity contribution < 1.29 is 9.59 Å². The molecule has 0 aromatic rings. The highest BCUT2D eigenvalue weighted by Crippen LogP contribution is 2.03. The van der Waals surface area contributed by atoms with E-state index in [1.54, 1.807) is 0 Å². The van der Waals surface area contributed by atoms with E-state index in [1.807, 2.05) is 13.8 Å². The lowest BCUT2D eigenvalue weighted by Crippen LogP contribution is -2.47. The van der Waals surface area contributed by atoms with Crippen molar-refractivity contribution in [3.05, 3.63) is 0 Å². The number of Topliss-reactive ketones (excluding diaryl/α,β-unsaturated/α-hetero) is 1. The SMILES string of the molecule is CC(=O)C(NC(=O)CN1CCCNCC1)C(C)C. The topological polar surface area (TPSA) is 61.4 Å². The van der Waals surface area contributed by atoms with Crippen LogP contribution in [0.3, 0.4) is 0 Å². The van der Waals surface area contributed by atoms with Gasteiger partial charge in [-0.15, -0.1) is 0 Å². The quantitative estimate of drug-likeness (QED) is 0.726. The molecule has 0 radical (unpaired) electrons. The highest BCUT2D eigenvalue weighted by molar-refractivity contribution is 5.88. The van der Waals surface area contributed by atoms with Crippen molar-refractivity contribution >= 4 is 11.7 Å². The Kier molecular flexibility index (Phi) is 6.29. The third-order valence-corrected chi connectivity index (χ3v) is 3.22. The summed E-state index contributed by atoms with van der Waals surface area (Å²) in [7, 11) is 0. The molecule has 1 fully saturated rings. The van der Waals surface area contributed by atoms with Crippen LogP contribution in [0.5, 0.6) is 0 Å². The first-order valence-corrected chi connectivity index (χ1v) is 6.73. The van der Waals surface area contributed by atoms with E-state index in [0.717, 1.165) is 32.6 Å². The minimum absolute atomic E-state index is 0.0240. The largest absolute Gasteiger partial charge is 0.345 e. The smallest absolute Gasteiger partial charge is 0.234 e. The molecule has 0 aromatic carbocycles. The predicted octanol–water partition coefficient (Wildman–Crippen LogP) is 0.0115. The first-order chi connectivity index (χ1) is 8.50. The van der Waals surface area contributed by atoms with Crippen molar-refractivity contribution in [2.75, 3.05) is 32.7 Å². The summed E-state index contributed by atoms with van der Waals surface area (Å²) in [5, 5.41) is 6.13. The van der Waals surface area contributed by atoms with Gasteiger partial charge < -0.3 is 10.6 Å². The molecule has 0 saturated carbocycles. The van der Waals surface area contributed by atoms with Crippen LogP contribution in [0.15, 0.2) is 0 Å². The standard InChI is InChI=1S/C13H25N3O2/c1-10(2)13(11(3)17)15-12(18)9-16-7-4-5-14-6-8-16/h10,13-14H,4-9H2,1-3H3,(H,15,18). The van der Waals surface area contributed by atoms with E-state index in [9.17, 15) is 9.59 Å². The van der Waals surface area contributed by atoms with Gasteiger partial charge in [-0.3, -0.25) is 14.5 Å². The van der Waals surface area contributed by atoms with Gasteiger partial charge in [-0.2, -0.15) is 0 Å². The molecule has 1 amide bonds. The number of nitrogens with one attached hydrogen (secondary N) is 2. The molecule has 5 heteroatoms. The number of ketones is 1. The average molecular weight is 255 g/mol. The van der Waals surface area contributed by atoms with E-state index >= 15 is 0 Å².